The van der Waals surface area contributed by atoms with Crippen molar-refractivity contribution in [2.75, 3.05) is 7.11 Å². The molecule has 0 unspecified atom stereocenters. The number of carbonyl (C=O) groups excluding carboxylic acids is 1. The highest BCUT2D eigenvalue weighted by atomic mass is 35.6. The van der Waals surface area contributed by atoms with E-state index in [1.54, 1.807) is 18.2 Å². The summed E-state index contributed by atoms with van der Waals surface area (Å²) in [7, 11) is 1.17. The number of amides is 1. The van der Waals surface area contributed by atoms with Gasteiger partial charge in [-0.2, -0.15) is 5.10 Å². The molecule has 0 fully saturated rings. The Hall–Kier alpha value is -0.0400. The first-order chi connectivity index (χ1) is 9.24. The van der Waals surface area contributed by atoms with Gasteiger partial charge in [-0.15, -0.1) is 4.41 Å². The molecule has 20 heavy (non-hydrogen) atoms. The Morgan fingerprint density at radius 2 is 1.90 bits per heavy atom. The molecule has 1 rings (SSSR count). The minimum absolute atomic E-state index is 0.366. The molecule has 0 N–H and O–H groups in total. The van der Waals surface area contributed by atoms with Crippen LogP contribution in [0.25, 0.3) is 0 Å². The van der Waals surface area contributed by atoms with Crippen molar-refractivity contribution in [1.29, 1.82) is 0 Å². The summed E-state index contributed by atoms with van der Waals surface area (Å²) in [5, 5.41) is 4.58. The average molecular weight is 397 g/mol. The highest BCUT2D eigenvalue weighted by Crippen LogP contribution is 2.41. The van der Waals surface area contributed by atoms with Crippen LogP contribution in [0.5, 0.6) is 0 Å². The van der Waals surface area contributed by atoms with E-state index in [0.717, 1.165) is 4.41 Å². The summed E-state index contributed by atoms with van der Waals surface area (Å²) in [5.74, 6) is 0. The maximum atomic E-state index is 11.5. The molecule has 0 radical (unpaired) electrons. The average Bonchev–Trinajstić information content (AvgIpc) is 2.34. The fourth-order valence-electron chi connectivity index (χ4n) is 1.03. The van der Waals surface area contributed by atoms with Crippen LogP contribution in [0.3, 0.4) is 0 Å². The molecule has 0 spiro atoms. The van der Waals surface area contributed by atoms with Gasteiger partial charge in [-0.1, -0.05) is 64.1 Å². The second-order valence-corrected chi connectivity index (χ2v) is 8.07. The number of rotatable bonds is 3. The number of halogens is 5. The molecule has 0 saturated carbocycles. The maximum absolute atomic E-state index is 11.5. The van der Waals surface area contributed by atoms with Crippen LogP contribution in [-0.4, -0.2) is 27.0 Å². The molecule has 0 saturated heterocycles. The number of alkyl halides is 3. The van der Waals surface area contributed by atoms with Crippen LogP contribution in [-0.2, 0) is 4.74 Å². The normalized spacial score (nSPS) is 11.7. The monoisotopic (exact) mass is 394 g/mol. The van der Waals surface area contributed by atoms with E-state index in [9.17, 15) is 4.79 Å². The van der Waals surface area contributed by atoms with Crippen molar-refractivity contribution in [3.8, 4) is 0 Å². The summed E-state index contributed by atoms with van der Waals surface area (Å²) >= 11 is 29.2. The number of hydrogen-bond donors (Lipinski definition) is 0. The topological polar surface area (TPSA) is 41.9 Å². The Bertz CT molecular complexity index is 501. The predicted molar refractivity (Wildman–Crippen MR) is 86.2 cm³/mol. The van der Waals surface area contributed by atoms with Crippen LogP contribution >= 0.6 is 70.0 Å². The van der Waals surface area contributed by atoms with E-state index >= 15 is 0 Å². The van der Waals surface area contributed by atoms with Crippen LogP contribution in [0.1, 0.15) is 5.56 Å². The van der Waals surface area contributed by atoms with E-state index in [4.69, 9.17) is 58.0 Å². The van der Waals surface area contributed by atoms with E-state index in [1.807, 2.05) is 0 Å². The lowest BCUT2D eigenvalue weighted by Gasteiger charge is -2.18. The third-order valence-corrected chi connectivity index (χ3v) is 3.72. The van der Waals surface area contributed by atoms with Gasteiger partial charge in [-0.3, -0.25) is 0 Å². The summed E-state index contributed by atoms with van der Waals surface area (Å²) in [6, 6.07) is 4.93. The van der Waals surface area contributed by atoms with Crippen LogP contribution in [0.15, 0.2) is 23.3 Å². The summed E-state index contributed by atoms with van der Waals surface area (Å²) in [6.07, 6.45) is 0.450. The van der Waals surface area contributed by atoms with Gasteiger partial charge in [0.05, 0.1) is 23.4 Å². The SMILES string of the molecule is COC(=O)N(N=Cc1c(Cl)cccc1Cl)SC(Cl)(Cl)Cl. The Labute approximate surface area is 145 Å². The molecule has 1 amide bonds. The second-order valence-electron chi connectivity index (χ2n) is 3.16. The third-order valence-electron chi connectivity index (χ3n) is 1.81. The van der Waals surface area contributed by atoms with Gasteiger partial charge in [-0.05, 0) is 12.1 Å². The first kappa shape index (κ1) is 18.0. The first-order valence-electron chi connectivity index (χ1n) is 4.86. The smallest absolute Gasteiger partial charge is 0.440 e. The van der Waals surface area contributed by atoms with Crippen LogP contribution in [0, 0.1) is 0 Å². The predicted octanol–water partition coefficient (Wildman–Crippen LogP) is 5.37. The van der Waals surface area contributed by atoms with Gasteiger partial charge < -0.3 is 4.74 Å². The van der Waals surface area contributed by atoms with Crippen molar-refractivity contribution >= 4 is 82.3 Å². The lowest BCUT2D eigenvalue weighted by Crippen LogP contribution is -2.22. The summed E-state index contributed by atoms with van der Waals surface area (Å²) in [6.45, 7) is 0. The summed E-state index contributed by atoms with van der Waals surface area (Å²) in [4.78, 5) is 11.5. The Morgan fingerprint density at radius 3 is 2.35 bits per heavy atom. The number of benzene rings is 1. The fraction of sp³-hybridized carbons (Fsp3) is 0.200. The summed E-state index contributed by atoms with van der Waals surface area (Å²) < 4.78 is 3.51. The molecule has 0 aromatic heterocycles. The second kappa shape index (κ2) is 7.82. The molecule has 1 aromatic carbocycles. The largest absolute Gasteiger partial charge is 0.451 e. The Morgan fingerprint density at radius 1 is 1.35 bits per heavy atom. The quantitative estimate of drug-likeness (QED) is 0.298. The van der Waals surface area contributed by atoms with E-state index in [0.29, 0.717) is 27.6 Å². The molecule has 0 bridgehead atoms. The highest BCUT2D eigenvalue weighted by Gasteiger charge is 2.29. The molecule has 0 aliphatic carbocycles. The zero-order valence-electron chi connectivity index (χ0n) is 9.82. The van der Waals surface area contributed by atoms with Gasteiger partial charge in [0.2, 0.25) is 0 Å². The number of hydrazone groups is 1. The molecule has 0 heterocycles. The minimum atomic E-state index is -1.78. The molecule has 0 atom stereocenters. The standard InChI is InChI=1S/C10H7Cl5N2O2S/c1-19-9(18)17(20-10(13,14)15)16-5-6-7(11)3-2-4-8(6)12/h2-5H,1H3. The van der Waals surface area contributed by atoms with Crippen LogP contribution in [0.2, 0.25) is 10.0 Å². The van der Waals surface area contributed by atoms with Crippen molar-refractivity contribution in [2.24, 2.45) is 5.10 Å². The van der Waals surface area contributed by atoms with Crippen LogP contribution in [0.4, 0.5) is 4.79 Å². The molecule has 110 valence electrons. The lowest BCUT2D eigenvalue weighted by molar-refractivity contribution is 0.153. The fourth-order valence-corrected chi connectivity index (χ4v) is 2.55. The molecule has 10 heteroatoms. The van der Waals surface area contributed by atoms with Crippen molar-refractivity contribution < 1.29 is 9.53 Å². The van der Waals surface area contributed by atoms with Crippen molar-refractivity contribution in [3.63, 3.8) is 0 Å². The Kier molecular flexibility index (Phi) is 7.04. The van der Waals surface area contributed by atoms with Gasteiger partial charge in [0.25, 0.3) is 3.12 Å². The molecule has 0 aliphatic rings. The van der Waals surface area contributed by atoms with E-state index in [-0.39, 0.29) is 0 Å². The van der Waals surface area contributed by atoms with Gasteiger partial charge >= 0.3 is 6.09 Å². The van der Waals surface area contributed by atoms with E-state index < -0.39 is 9.22 Å². The Balaban J connectivity index is 3.00. The van der Waals surface area contributed by atoms with E-state index in [1.165, 1.54) is 13.3 Å². The zero-order chi connectivity index (χ0) is 15.3. The van der Waals surface area contributed by atoms with Gasteiger partial charge in [0.1, 0.15) is 0 Å². The molecular formula is C10H7Cl5N2O2S. The van der Waals surface area contributed by atoms with Crippen molar-refractivity contribution in [3.05, 3.63) is 33.8 Å². The number of carbonyl (C=O) groups is 1. The molecular weight excluding hydrogens is 389 g/mol. The summed E-state index contributed by atoms with van der Waals surface area (Å²) in [5.41, 5.74) is 0.426. The maximum Gasteiger partial charge on any atom is 0.440 e. The minimum Gasteiger partial charge on any atom is -0.451 e. The molecule has 4 nitrogen and oxygen atoms in total. The van der Waals surface area contributed by atoms with Gasteiger partial charge in [0, 0.05) is 17.5 Å². The van der Waals surface area contributed by atoms with Crippen LogP contribution < -0.4 is 0 Å². The number of nitrogens with zero attached hydrogens (tertiary/aromatic N) is 2. The lowest BCUT2D eigenvalue weighted by atomic mass is 10.2. The third kappa shape index (κ3) is 5.76. The molecule has 1 aromatic rings. The van der Waals surface area contributed by atoms with E-state index in [2.05, 4.69) is 9.84 Å². The number of methoxy groups -OCH3 is 1. The zero-order valence-corrected chi connectivity index (χ0v) is 14.4. The van der Waals surface area contributed by atoms with Gasteiger partial charge in [0.15, 0.2) is 0 Å². The van der Waals surface area contributed by atoms with Crippen molar-refractivity contribution in [2.45, 2.75) is 3.12 Å². The number of ether oxygens (including phenoxy) is 1. The first-order valence-corrected chi connectivity index (χ1v) is 7.53. The van der Waals surface area contributed by atoms with Gasteiger partial charge in [-0.25, -0.2) is 4.79 Å². The number of hydrogen-bond acceptors (Lipinski definition) is 4. The van der Waals surface area contributed by atoms with Crippen molar-refractivity contribution in [1.82, 2.24) is 4.41 Å². The molecule has 0 aliphatic heterocycles. The highest BCUT2D eigenvalue weighted by molar-refractivity contribution is 8.03.